The molecule has 0 saturated heterocycles. The molecule has 0 nitrogen and oxygen atoms in total. The Kier molecular flexibility index (Phi) is 7.57. The molecule has 0 heterocycles. The van der Waals surface area contributed by atoms with Gasteiger partial charge in [0.1, 0.15) is 0 Å². The predicted octanol–water partition coefficient (Wildman–Crippen LogP) is 6.45. The number of rotatable bonds is 1. The molecular weight excluding hydrogens is 376 g/mol. The van der Waals surface area contributed by atoms with E-state index in [9.17, 15) is 13.2 Å². The van der Waals surface area contributed by atoms with Crippen LogP contribution in [0.15, 0.2) is 54.6 Å². The van der Waals surface area contributed by atoms with Crippen LogP contribution in [0.2, 0.25) is 0 Å². The van der Waals surface area contributed by atoms with Crippen molar-refractivity contribution in [2.24, 2.45) is 0 Å². The largest absolute Gasteiger partial charge is 3.00 e. The number of alkyl halides is 3. The Hall–Kier alpha value is -1.28. The number of halogens is 3. The first-order valence-corrected chi connectivity index (χ1v) is 6.29. The Bertz CT molecular complexity index is 752. The molecular formula is C19H18F3Zr. The van der Waals surface area contributed by atoms with Gasteiger partial charge in [0.2, 0.25) is 0 Å². The van der Waals surface area contributed by atoms with Gasteiger partial charge in [0.15, 0.2) is 0 Å². The Balaban J connectivity index is 0.00000161. The smallest absolute Gasteiger partial charge is 0.358 e. The average Bonchev–Trinajstić information content (AvgIpc) is 2.78. The van der Waals surface area contributed by atoms with Gasteiger partial charge in [-0.05, 0) is 17.7 Å². The van der Waals surface area contributed by atoms with Crippen molar-refractivity contribution in [3.05, 3.63) is 80.6 Å². The molecule has 3 aromatic rings. The minimum Gasteiger partial charge on any atom is -0.358 e. The van der Waals surface area contributed by atoms with Crippen LogP contribution in [0.3, 0.4) is 0 Å². The Labute approximate surface area is 154 Å². The molecule has 3 rings (SSSR count). The SMILES string of the molecule is Cc1cc2c(-c3ccc(C(F)(F)F)cc3)cccc2[cH-]1.[CH3-].[CH3-].[Zr+3]. The molecule has 0 spiro atoms. The van der Waals surface area contributed by atoms with Crippen molar-refractivity contribution in [2.75, 3.05) is 0 Å². The molecule has 4 heteroatoms. The molecule has 0 amide bonds. The summed E-state index contributed by atoms with van der Waals surface area (Å²) in [5.41, 5.74) is 2.30. The van der Waals surface area contributed by atoms with Gasteiger partial charge in [-0.3, -0.25) is 0 Å². The van der Waals surface area contributed by atoms with E-state index in [2.05, 4.69) is 12.1 Å². The second kappa shape index (κ2) is 8.01. The van der Waals surface area contributed by atoms with Gasteiger partial charge in [-0.15, -0.1) is 34.5 Å². The molecule has 0 aromatic heterocycles. The Morgan fingerprint density at radius 2 is 1.52 bits per heavy atom. The summed E-state index contributed by atoms with van der Waals surface area (Å²) < 4.78 is 37.7. The molecule has 0 unspecified atom stereocenters. The molecule has 3 aromatic carbocycles. The fourth-order valence-corrected chi connectivity index (χ4v) is 2.48. The maximum absolute atomic E-state index is 12.6. The average molecular weight is 395 g/mol. The third kappa shape index (κ3) is 4.38. The molecule has 119 valence electrons. The van der Waals surface area contributed by atoms with Crippen molar-refractivity contribution in [3.63, 3.8) is 0 Å². The zero-order valence-electron chi connectivity index (χ0n) is 13.3. The molecule has 1 radical (unpaired) electrons. The van der Waals surface area contributed by atoms with Gasteiger partial charge in [0.05, 0.1) is 5.56 Å². The minimum absolute atomic E-state index is 0. The van der Waals surface area contributed by atoms with Crippen molar-refractivity contribution in [3.8, 4) is 11.1 Å². The third-order valence-electron chi connectivity index (χ3n) is 3.42. The van der Waals surface area contributed by atoms with Gasteiger partial charge in [0, 0.05) is 0 Å². The van der Waals surface area contributed by atoms with Crippen molar-refractivity contribution in [1.82, 2.24) is 0 Å². The second-order valence-corrected chi connectivity index (χ2v) is 4.92. The predicted molar refractivity (Wildman–Crippen MR) is 87.5 cm³/mol. The second-order valence-electron chi connectivity index (χ2n) is 4.92. The van der Waals surface area contributed by atoms with Crippen LogP contribution in [0.25, 0.3) is 21.9 Å². The first kappa shape index (κ1) is 21.7. The zero-order valence-corrected chi connectivity index (χ0v) is 15.8. The van der Waals surface area contributed by atoms with E-state index in [1.54, 1.807) is 0 Å². The van der Waals surface area contributed by atoms with Crippen LogP contribution < -0.4 is 0 Å². The third-order valence-corrected chi connectivity index (χ3v) is 3.42. The number of fused-ring (bicyclic) bond motifs is 1. The zero-order chi connectivity index (χ0) is 14.3. The molecule has 0 N–H and O–H groups in total. The van der Waals surface area contributed by atoms with Crippen LogP contribution in [0.1, 0.15) is 11.1 Å². The summed E-state index contributed by atoms with van der Waals surface area (Å²) in [7, 11) is 0. The monoisotopic (exact) mass is 393 g/mol. The van der Waals surface area contributed by atoms with Crippen molar-refractivity contribution in [1.29, 1.82) is 0 Å². The quantitative estimate of drug-likeness (QED) is 0.416. The summed E-state index contributed by atoms with van der Waals surface area (Å²) in [5, 5.41) is 2.18. The summed E-state index contributed by atoms with van der Waals surface area (Å²) in [4.78, 5) is 0. The standard InChI is InChI=1S/C17H12F3.2CH3.Zr/c1-11-9-13-3-2-4-15(16(13)10-11)12-5-7-14(8-6-12)17(18,19)20;;;/h2-10H,1H3;2*1H3;/q3*-1;+3. The summed E-state index contributed by atoms with van der Waals surface area (Å²) in [5.74, 6) is 0. The van der Waals surface area contributed by atoms with Gasteiger partial charge >= 0.3 is 32.4 Å². The van der Waals surface area contributed by atoms with Crippen molar-refractivity contribution in [2.45, 2.75) is 13.1 Å². The van der Waals surface area contributed by atoms with E-state index in [1.165, 1.54) is 12.1 Å². The maximum atomic E-state index is 12.6. The van der Waals surface area contributed by atoms with E-state index in [1.807, 2.05) is 25.1 Å². The first-order valence-electron chi connectivity index (χ1n) is 6.29. The Morgan fingerprint density at radius 3 is 2.09 bits per heavy atom. The topological polar surface area (TPSA) is 0 Å². The Morgan fingerprint density at radius 1 is 0.913 bits per heavy atom. The van der Waals surface area contributed by atoms with Crippen LogP contribution in [0.4, 0.5) is 13.2 Å². The van der Waals surface area contributed by atoms with E-state index in [0.717, 1.165) is 39.6 Å². The van der Waals surface area contributed by atoms with E-state index >= 15 is 0 Å². The first-order chi connectivity index (χ1) is 9.45. The molecule has 0 aliphatic carbocycles. The maximum Gasteiger partial charge on any atom is 3.00 e. The molecule has 0 aliphatic heterocycles. The van der Waals surface area contributed by atoms with Crippen molar-refractivity contribution >= 4 is 10.8 Å². The van der Waals surface area contributed by atoms with E-state index in [-0.39, 0.29) is 41.1 Å². The van der Waals surface area contributed by atoms with Crippen LogP contribution >= 0.6 is 0 Å². The van der Waals surface area contributed by atoms with Crippen LogP contribution in [-0.2, 0) is 32.4 Å². The normalized spacial score (nSPS) is 10.4. The molecule has 0 bridgehead atoms. The number of hydrogen-bond donors (Lipinski definition) is 0. The molecule has 0 fully saturated rings. The van der Waals surface area contributed by atoms with Gasteiger partial charge in [-0.1, -0.05) is 30.7 Å². The van der Waals surface area contributed by atoms with Gasteiger partial charge < -0.3 is 14.9 Å². The van der Waals surface area contributed by atoms with Gasteiger partial charge in [-0.2, -0.15) is 19.2 Å². The number of benzene rings is 2. The van der Waals surface area contributed by atoms with Gasteiger partial charge in [0.25, 0.3) is 0 Å². The summed E-state index contributed by atoms with van der Waals surface area (Å²) in [6.07, 6.45) is -4.29. The molecule has 23 heavy (non-hydrogen) atoms. The van der Waals surface area contributed by atoms with Crippen LogP contribution in [0, 0.1) is 21.8 Å². The van der Waals surface area contributed by atoms with E-state index < -0.39 is 11.7 Å². The summed E-state index contributed by atoms with van der Waals surface area (Å²) in [6.45, 7) is 2.01. The van der Waals surface area contributed by atoms with E-state index in [0.29, 0.717) is 0 Å². The minimum atomic E-state index is -4.29. The van der Waals surface area contributed by atoms with E-state index in [4.69, 9.17) is 0 Å². The molecule has 0 aliphatic rings. The number of aryl methyl sites for hydroxylation is 1. The molecule has 0 atom stereocenters. The fourth-order valence-electron chi connectivity index (χ4n) is 2.48. The molecule has 0 saturated carbocycles. The number of hydrogen-bond acceptors (Lipinski definition) is 0. The van der Waals surface area contributed by atoms with Crippen molar-refractivity contribution < 1.29 is 39.4 Å². The van der Waals surface area contributed by atoms with Crippen LogP contribution in [-0.4, -0.2) is 0 Å². The van der Waals surface area contributed by atoms with Gasteiger partial charge in [-0.25, -0.2) is 0 Å². The fraction of sp³-hybridized carbons (Fsp3) is 0.105. The van der Waals surface area contributed by atoms with Crippen LogP contribution in [0.5, 0.6) is 0 Å². The summed E-state index contributed by atoms with van der Waals surface area (Å²) >= 11 is 0. The summed E-state index contributed by atoms with van der Waals surface area (Å²) in [6, 6.07) is 15.3.